The monoisotopic (exact) mass is 175 g/mol. The van der Waals surface area contributed by atoms with Crippen molar-refractivity contribution in [1.29, 1.82) is 0 Å². The topological polar surface area (TPSA) is 35.2 Å². The number of hydrogen-bond acceptors (Lipinski definition) is 2. The largest absolute Gasteiger partial charge is 0.481 e. The maximum Gasteiger partial charge on any atom is 0.148 e. The Morgan fingerprint density at radius 3 is 2.54 bits per heavy atom. The summed E-state index contributed by atoms with van der Waals surface area (Å²) in [5.41, 5.74) is 6.64. The van der Waals surface area contributed by atoms with Crippen molar-refractivity contribution in [3.8, 4) is 18.1 Å². The molecule has 2 N–H and O–H groups in total. The van der Waals surface area contributed by atoms with Gasteiger partial charge in [-0.25, -0.2) is 0 Å². The molecule has 0 bridgehead atoms. The molecule has 2 nitrogen and oxygen atoms in total. The molecule has 0 radical (unpaired) electrons. The number of ether oxygens (including phenoxy) is 1. The van der Waals surface area contributed by atoms with Crippen molar-refractivity contribution in [3.05, 3.63) is 29.8 Å². The normalized spacial score (nSPS) is 9.23. The van der Waals surface area contributed by atoms with Gasteiger partial charge in [-0.05, 0) is 30.7 Å². The Hall–Kier alpha value is -1.46. The van der Waals surface area contributed by atoms with Gasteiger partial charge >= 0.3 is 0 Å². The van der Waals surface area contributed by atoms with Crippen LogP contribution in [0.15, 0.2) is 24.3 Å². The maximum absolute atomic E-state index is 5.42. The number of benzene rings is 1. The summed E-state index contributed by atoms with van der Waals surface area (Å²) in [4.78, 5) is 0. The summed E-state index contributed by atoms with van der Waals surface area (Å²) < 4.78 is 5.22. The second-order valence-electron chi connectivity index (χ2n) is 2.68. The molecule has 68 valence electrons. The molecule has 0 aliphatic heterocycles. The first kappa shape index (κ1) is 9.63. The molecule has 0 unspecified atom stereocenters. The van der Waals surface area contributed by atoms with E-state index < -0.39 is 0 Å². The van der Waals surface area contributed by atoms with Crippen LogP contribution in [0.3, 0.4) is 0 Å². The van der Waals surface area contributed by atoms with Crippen molar-refractivity contribution in [2.75, 3.05) is 13.2 Å². The van der Waals surface area contributed by atoms with Crippen LogP contribution in [0.1, 0.15) is 5.56 Å². The fourth-order valence-corrected chi connectivity index (χ4v) is 1.04. The van der Waals surface area contributed by atoms with Gasteiger partial charge in [-0.3, -0.25) is 0 Å². The third-order valence-electron chi connectivity index (χ3n) is 1.68. The molecule has 0 fully saturated rings. The van der Waals surface area contributed by atoms with E-state index in [1.807, 2.05) is 24.3 Å². The third-order valence-corrected chi connectivity index (χ3v) is 1.68. The van der Waals surface area contributed by atoms with E-state index >= 15 is 0 Å². The van der Waals surface area contributed by atoms with Gasteiger partial charge in [0.25, 0.3) is 0 Å². The van der Waals surface area contributed by atoms with Crippen molar-refractivity contribution in [3.63, 3.8) is 0 Å². The minimum Gasteiger partial charge on any atom is -0.481 e. The summed E-state index contributed by atoms with van der Waals surface area (Å²) in [5, 5.41) is 0. The second kappa shape index (κ2) is 5.23. The van der Waals surface area contributed by atoms with Crippen LogP contribution in [0, 0.1) is 12.3 Å². The van der Waals surface area contributed by atoms with Gasteiger partial charge in [0.1, 0.15) is 12.4 Å². The molecule has 1 rings (SSSR count). The van der Waals surface area contributed by atoms with Gasteiger partial charge in [-0.15, -0.1) is 6.42 Å². The first-order chi connectivity index (χ1) is 6.36. The highest BCUT2D eigenvalue weighted by molar-refractivity contribution is 5.27. The molecule has 0 aliphatic rings. The smallest absolute Gasteiger partial charge is 0.148 e. The quantitative estimate of drug-likeness (QED) is 0.698. The third kappa shape index (κ3) is 3.18. The van der Waals surface area contributed by atoms with Crippen LogP contribution in [0.5, 0.6) is 5.75 Å². The average molecular weight is 175 g/mol. The van der Waals surface area contributed by atoms with E-state index in [0.717, 1.165) is 12.2 Å². The first-order valence-electron chi connectivity index (χ1n) is 4.22. The SMILES string of the molecule is C#CCOc1ccc(CCN)cc1. The molecule has 0 atom stereocenters. The summed E-state index contributed by atoms with van der Waals surface area (Å²) in [7, 11) is 0. The summed E-state index contributed by atoms with van der Waals surface area (Å²) >= 11 is 0. The van der Waals surface area contributed by atoms with Gasteiger partial charge in [0.05, 0.1) is 0 Å². The predicted octanol–water partition coefficient (Wildman–Crippen LogP) is 1.20. The molecule has 0 saturated carbocycles. The van der Waals surface area contributed by atoms with Crippen LogP contribution >= 0.6 is 0 Å². The zero-order chi connectivity index (χ0) is 9.52. The van der Waals surface area contributed by atoms with E-state index in [4.69, 9.17) is 16.9 Å². The zero-order valence-electron chi connectivity index (χ0n) is 7.49. The van der Waals surface area contributed by atoms with Crippen LogP contribution in [0.25, 0.3) is 0 Å². The number of rotatable bonds is 4. The fourth-order valence-electron chi connectivity index (χ4n) is 1.04. The second-order valence-corrected chi connectivity index (χ2v) is 2.68. The lowest BCUT2D eigenvalue weighted by Crippen LogP contribution is -2.02. The molecule has 2 heteroatoms. The van der Waals surface area contributed by atoms with Gasteiger partial charge in [-0.2, -0.15) is 0 Å². The van der Waals surface area contributed by atoms with Crippen LogP contribution in [0.2, 0.25) is 0 Å². The summed E-state index contributed by atoms with van der Waals surface area (Å²) in [6.45, 7) is 0.987. The van der Waals surface area contributed by atoms with Crippen molar-refractivity contribution in [2.24, 2.45) is 5.73 Å². The summed E-state index contributed by atoms with van der Waals surface area (Å²) in [6, 6.07) is 7.81. The van der Waals surface area contributed by atoms with Crippen molar-refractivity contribution < 1.29 is 4.74 Å². The minimum atomic E-state index is 0.316. The molecular weight excluding hydrogens is 162 g/mol. The lowest BCUT2D eigenvalue weighted by Gasteiger charge is -2.03. The summed E-state index contributed by atoms with van der Waals surface area (Å²) in [6.07, 6.45) is 5.96. The van der Waals surface area contributed by atoms with E-state index in [-0.39, 0.29) is 0 Å². The van der Waals surface area contributed by atoms with Gasteiger partial charge < -0.3 is 10.5 Å². The molecule has 0 saturated heterocycles. The Balaban J connectivity index is 2.54. The predicted molar refractivity (Wildman–Crippen MR) is 53.5 cm³/mol. The molecule has 0 heterocycles. The number of hydrogen-bond donors (Lipinski definition) is 1. The van der Waals surface area contributed by atoms with E-state index in [9.17, 15) is 0 Å². The van der Waals surface area contributed by atoms with E-state index in [1.165, 1.54) is 5.56 Å². The van der Waals surface area contributed by atoms with Crippen LogP contribution in [-0.4, -0.2) is 13.2 Å². The number of nitrogens with two attached hydrogens (primary N) is 1. The van der Waals surface area contributed by atoms with Gasteiger partial charge in [0.15, 0.2) is 0 Å². The Morgan fingerprint density at radius 2 is 2.00 bits per heavy atom. The van der Waals surface area contributed by atoms with Crippen LogP contribution in [0.4, 0.5) is 0 Å². The van der Waals surface area contributed by atoms with Gasteiger partial charge in [0, 0.05) is 0 Å². The fraction of sp³-hybridized carbons (Fsp3) is 0.273. The highest BCUT2D eigenvalue weighted by atomic mass is 16.5. The highest BCUT2D eigenvalue weighted by Gasteiger charge is 1.93. The standard InChI is InChI=1S/C11H13NO/c1-2-9-13-11-5-3-10(4-6-11)7-8-12/h1,3-6H,7-9,12H2. The lowest BCUT2D eigenvalue weighted by molar-refractivity contribution is 0.370. The van der Waals surface area contributed by atoms with Gasteiger partial charge in [-0.1, -0.05) is 18.1 Å². The average Bonchev–Trinajstić information content (AvgIpc) is 2.17. The Kier molecular flexibility index (Phi) is 3.87. The Labute approximate surface area is 78.7 Å². The molecule has 0 spiro atoms. The molecule has 0 aromatic heterocycles. The molecule has 1 aromatic rings. The molecule has 1 aromatic carbocycles. The molecule has 13 heavy (non-hydrogen) atoms. The maximum atomic E-state index is 5.42. The number of terminal acetylenes is 1. The Morgan fingerprint density at radius 1 is 1.31 bits per heavy atom. The van der Waals surface area contributed by atoms with E-state index in [1.54, 1.807) is 0 Å². The zero-order valence-corrected chi connectivity index (χ0v) is 7.49. The molecule has 0 amide bonds. The highest BCUT2D eigenvalue weighted by Crippen LogP contribution is 2.11. The van der Waals surface area contributed by atoms with Crippen LogP contribution < -0.4 is 10.5 Å². The van der Waals surface area contributed by atoms with Gasteiger partial charge in [0.2, 0.25) is 0 Å². The minimum absolute atomic E-state index is 0.316. The van der Waals surface area contributed by atoms with Crippen molar-refractivity contribution >= 4 is 0 Å². The molecular formula is C11H13NO. The summed E-state index contributed by atoms with van der Waals surface area (Å²) in [5.74, 6) is 3.22. The lowest BCUT2D eigenvalue weighted by atomic mass is 10.1. The molecule has 0 aliphatic carbocycles. The van der Waals surface area contributed by atoms with E-state index in [2.05, 4.69) is 5.92 Å². The van der Waals surface area contributed by atoms with Crippen molar-refractivity contribution in [2.45, 2.75) is 6.42 Å². The van der Waals surface area contributed by atoms with E-state index in [0.29, 0.717) is 13.2 Å². The van der Waals surface area contributed by atoms with Crippen LogP contribution in [-0.2, 0) is 6.42 Å². The Bertz CT molecular complexity index is 284. The first-order valence-corrected chi connectivity index (χ1v) is 4.22. The van der Waals surface area contributed by atoms with Crippen molar-refractivity contribution in [1.82, 2.24) is 0 Å².